The maximum Gasteiger partial charge on any atom is 0.120 e. The highest BCUT2D eigenvalue weighted by Crippen LogP contribution is 2.26. The van der Waals surface area contributed by atoms with Crippen molar-refractivity contribution in [1.82, 2.24) is 0 Å². The molecule has 2 N–H and O–H groups in total. The molecule has 0 aliphatic carbocycles. The lowest BCUT2D eigenvalue weighted by atomic mass is 9.85. The molecule has 0 aliphatic rings. The average molecular weight is 334 g/mol. The van der Waals surface area contributed by atoms with Gasteiger partial charge in [-0.05, 0) is 30.2 Å². The summed E-state index contributed by atoms with van der Waals surface area (Å²) in [5.74, 6) is 0.867. The third kappa shape index (κ3) is 3.84. The molecule has 0 radical (unpaired) electrons. The van der Waals surface area contributed by atoms with Crippen LogP contribution in [0.2, 0.25) is 0 Å². The first kappa shape index (κ1) is 15.1. The fourth-order valence-electron chi connectivity index (χ4n) is 2.20. The predicted molar refractivity (Wildman–Crippen MR) is 86.9 cm³/mol. The molecular formula is C17H20BrNO. The van der Waals surface area contributed by atoms with Crippen molar-refractivity contribution in [3.05, 3.63) is 64.6 Å². The molecule has 2 aromatic rings. The molecule has 2 nitrogen and oxygen atoms in total. The number of nitrogens with two attached hydrogens (primary N) is 1. The lowest BCUT2D eigenvalue weighted by Crippen LogP contribution is -2.37. The van der Waals surface area contributed by atoms with Crippen LogP contribution in [0, 0.1) is 0 Å². The second-order valence-corrected chi connectivity index (χ2v) is 5.85. The van der Waals surface area contributed by atoms with Crippen molar-refractivity contribution in [2.24, 2.45) is 5.73 Å². The molecule has 0 spiro atoms. The number of hydrogen-bond acceptors (Lipinski definition) is 2. The first-order valence-electron chi connectivity index (χ1n) is 6.87. The molecule has 0 saturated carbocycles. The average Bonchev–Trinajstić information content (AvgIpc) is 2.48. The van der Waals surface area contributed by atoms with E-state index in [1.165, 1.54) is 5.56 Å². The van der Waals surface area contributed by atoms with Crippen LogP contribution < -0.4 is 10.5 Å². The highest BCUT2D eigenvalue weighted by molar-refractivity contribution is 9.10. The summed E-state index contributed by atoms with van der Waals surface area (Å²) < 4.78 is 6.82. The van der Waals surface area contributed by atoms with E-state index in [2.05, 4.69) is 35.0 Å². The summed E-state index contributed by atoms with van der Waals surface area (Å²) in [7, 11) is 0. The Kier molecular flexibility index (Phi) is 5.21. The Morgan fingerprint density at radius 2 is 1.85 bits per heavy atom. The number of benzene rings is 2. The number of halogens is 1. The molecule has 3 heteroatoms. The molecule has 106 valence electrons. The molecule has 0 saturated heterocycles. The van der Waals surface area contributed by atoms with Crippen LogP contribution in [-0.4, -0.2) is 6.61 Å². The Morgan fingerprint density at radius 3 is 2.50 bits per heavy atom. The maximum absolute atomic E-state index is 6.52. The Labute approximate surface area is 129 Å². The zero-order valence-corrected chi connectivity index (χ0v) is 13.3. The van der Waals surface area contributed by atoms with Gasteiger partial charge in [-0.1, -0.05) is 59.3 Å². The van der Waals surface area contributed by atoms with Crippen LogP contribution >= 0.6 is 15.9 Å². The van der Waals surface area contributed by atoms with Crippen molar-refractivity contribution >= 4 is 15.9 Å². The molecule has 1 unspecified atom stereocenters. The summed E-state index contributed by atoms with van der Waals surface area (Å²) in [6.45, 7) is 2.72. The van der Waals surface area contributed by atoms with Gasteiger partial charge in [-0.25, -0.2) is 0 Å². The van der Waals surface area contributed by atoms with Gasteiger partial charge in [0.2, 0.25) is 0 Å². The fraction of sp³-hybridized carbons (Fsp3) is 0.294. The minimum absolute atomic E-state index is 0.326. The van der Waals surface area contributed by atoms with Gasteiger partial charge < -0.3 is 10.5 Å². The van der Waals surface area contributed by atoms with Gasteiger partial charge in [0, 0.05) is 16.4 Å². The molecule has 0 fully saturated rings. The van der Waals surface area contributed by atoms with Gasteiger partial charge in [-0.15, -0.1) is 0 Å². The Bertz CT molecular complexity index is 544. The summed E-state index contributed by atoms with van der Waals surface area (Å²) in [6, 6.07) is 18.1. The van der Waals surface area contributed by atoms with Crippen molar-refractivity contribution in [2.45, 2.75) is 25.3 Å². The zero-order valence-electron chi connectivity index (χ0n) is 11.7. The van der Waals surface area contributed by atoms with Crippen LogP contribution in [0.3, 0.4) is 0 Å². The summed E-state index contributed by atoms with van der Waals surface area (Å²) in [4.78, 5) is 0. The van der Waals surface area contributed by atoms with Crippen molar-refractivity contribution in [2.75, 3.05) is 6.61 Å². The Morgan fingerprint density at radius 1 is 1.10 bits per heavy atom. The Balaban J connectivity index is 1.98. The maximum atomic E-state index is 6.52. The van der Waals surface area contributed by atoms with Crippen LogP contribution in [0.1, 0.15) is 25.3 Å². The van der Waals surface area contributed by atoms with Gasteiger partial charge in [0.25, 0.3) is 0 Å². The van der Waals surface area contributed by atoms with E-state index in [1.807, 2.05) is 42.5 Å². The number of rotatable bonds is 6. The first-order valence-corrected chi connectivity index (χ1v) is 7.66. The van der Waals surface area contributed by atoms with Crippen molar-refractivity contribution in [3.63, 3.8) is 0 Å². The summed E-state index contributed by atoms with van der Waals surface area (Å²) >= 11 is 3.44. The van der Waals surface area contributed by atoms with Crippen LogP contribution in [0.5, 0.6) is 5.75 Å². The van der Waals surface area contributed by atoms with Crippen LogP contribution in [0.4, 0.5) is 0 Å². The second-order valence-electron chi connectivity index (χ2n) is 4.93. The highest BCUT2D eigenvalue weighted by Gasteiger charge is 2.24. The highest BCUT2D eigenvalue weighted by atomic mass is 79.9. The van der Waals surface area contributed by atoms with Crippen molar-refractivity contribution < 1.29 is 4.74 Å². The van der Waals surface area contributed by atoms with E-state index in [4.69, 9.17) is 10.5 Å². The van der Waals surface area contributed by atoms with Gasteiger partial charge in [0.15, 0.2) is 0 Å². The first-order chi connectivity index (χ1) is 9.64. The molecule has 0 bridgehead atoms. The predicted octanol–water partition coefficient (Wildman–Crippen LogP) is 4.48. The van der Waals surface area contributed by atoms with Crippen LogP contribution in [0.25, 0.3) is 0 Å². The molecule has 1 atom stereocenters. The van der Waals surface area contributed by atoms with E-state index in [-0.39, 0.29) is 5.54 Å². The summed E-state index contributed by atoms with van der Waals surface area (Å²) in [6.07, 6.45) is 1.68. The number of hydrogen-bond donors (Lipinski definition) is 1. The van der Waals surface area contributed by atoms with E-state index in [0.29, 0.717) is 6.61 Å². The van der Waals surface area contributed by atoms with Crippen molar-refractivity contribution in [3.8, 4) is 5.75 Å². The molecule has 2 rings (SSSR count). The Hall–Kier alpha value is -1.32. The molecule has 2 aromatic carbocycles. The zero-order chi connectivity index (χ0) is 14.4. The summed E-state index contributed by atoms with van der Waals surface area (Å²) in [5, 5.41) is 0. The topological polar surface area (TPSA) is 35.2 Å². The van der Waals surface area contributed by atoms with E-state index >= 15 is 0 Å². The molecule has 0 amide bonds. The van der Waals surface area contributed by atoms with Gasteiger partial charge in [-0.3, -0.25) is 0 Å². The third-order valence-corrected chi connectivity index (χ3v) is 4.09. The quantitative estimate of drug-likeness (QED) is 0.845. The molecule has 0 heterocycles. The van der Waals surface area contributed by atoms with E-state index in [1.54, 1.807) is 0 Å². The largest absolute Gasteiger partial charge is 0.493 e. The van der Waals surface area contributed by atoms with Gasteiger partial charge in [0.1, 0.15) is 5.75 Å². The van der Waals surface area contributed by atoms with Crippen LogP contribution in [0.15, 0.2) is 59.1 Å². The minimum atomic E-state index is -0.326. The standard InChI is InChI=1S/C17H20BrNO/c1-2-17(19,14-7-4-3-5-8-14)11-12-20-16-10-6-9-15(18)13-16/h3-10,13H,2,11-12,19H2,1H3. The number of ether oxygens (including phenoxy) is 1. The van der Waals surface area contributed by atoms with Crippen molar-refractivity contribution in [1.29, 1.82) is 0 Å². The molecule has 0 aliphatic heterocycles. The van der Waals surface area contributed by atoms with Gasteiger partial charge >= 0.3 is 0 Å². The van der Waals surface area contributed by atoms with Gasteiger partial charge in [0.05, 0.1) is 6.61 Å². The van der Waals surface area contributed by atoms with Gasteiger partial charge in [-0.2, -0.15) is 0 Å². The van der Waals surface area contributed by atoms with E-state index in [9.17, 15) is 0 Å². The fourth-order valence-corrected chi connectivity index (χ4v) is 2.58. The monoisotopic (exact) mass is 333 g/mol. The van der Waals surface area contributed by atoms with E-state index in [0.717, 1.165) is 23.1 Å². The normalized spacial score (nSPS) is 13.8. The third-order valence-electron chi connectivity index (χ3n) is 3.59. The van der Waals surface area contributed by atoms with E-state index < -0.39 is 0 Å². The summed E-state index contributed by atoms with van der Waals surface area (Å²) in [5.41, 5.74) is 7.36. The van der Waals surface area contributed by atoms with Crippen LogP contribution in [-0.2, 0) is 5.54 Å². The molecular weight excluding hydrogens is 314 g/mol. The smallest absolute Gasteiger partial charge is 0.120 e. The SMILES string of the molecule is CCC(N)(CCOc1cccc(Br)c1)c1ccccc1. The molecule has 20 heavy (non-hydrogen) atoms. The molecule has 0 aromatic heterocycles. The minimum Gasteiger partial charge on any atom is -0.493 e. The second kappa shape index (κ2) is 6.91. The lowest BCUT2D eigenvalue weighted by molar-refractivity contribution is 0.253. The lowest BCUT2D eigenvalue weighted by Gasteiger charge is -2.28.